The second kappa shape index (κ2) is 11.8. The fourth-order valence-electron chi connectivity index (χ4n) is 3.13. The lowest BCUT2D eigenvalue weighted by atomic mass is 10.0. The zero-order valence-electron chi connectivity index (χ0n) is 19.6. The standard InChI is InChI=1S/C24H24N4O6S/c1-14-21(23(30)33-3)22(27-24(31)26-14)16-7-10-18(19(11-16)32-2)34-13-20(29)28-25-12-15-5-8-17(35-4)9-6-15/h5-12H,13H2,1-4H3,(H,28,29)(H,26,27,31)/b25-12-. The van der Waals surface area contributed by atoms with Crippen LogP contribution in [0.15, 0.2) is 57.3 Å². The van der Waals surface area contributed by atoms with Crippen molar-refractivity contribution >= 4 is 29.9 Å². The van der Waals surface area contributed by atoms with Crippen molar-refractivity contribution in [2.75, 3.05) is 27.1 Å². The van der Waals surface area contributed by atoms with E-state index in [1.165, 1.54) is 20.4 Å². The minimum absolute atomic E-state index is 0.128. The van der Waals surface area contributed by atoms with Gasteiger partial charge < -0.3 is 19.2 Å². The lowest BCUT2D eigenvalue weighted by Gasteiger charge is -2.13. The number of hydrogen-bond acceptors (Lipinski definition) is 9. The van der Waals surface area contributed by atoms with Crippen molar-refractivity contribution in [1.82, 2.24) is 15.4 Å². The lowest BCUT2D eigenvalue weighted by molar-refractivity contribution is -0.123. The Balaban J connectivity index is 1.71. The number of esters is 1. The van der Waals surface area contributed by atoms with Crippen LogP contribution in [0.4, 0.5) is 0 Å². The molecule has 35 heavy (non-hydrogen) atoms. The molecule has 0 atom stereocenters. The van der Waals surface area contributed by atoms with E-state index in [1.807, 2.05) is 30.5 Å². The summed E-state index contributed by atoms with van der Waals surface area (Å²) in [6.07, 6.45) is 3.53. The van der Waals surface area contributed by atoms with Crippen LogP contribution in [0.3, 0.4) is 0 Å². The smallest absolute Gasteiger partial charge is 0.345 e. The molecule has 11 heteroatoms. The maximum atomic E-state index is 12.2. The highest BCUT2D eigenvalue weighted by Gasteiger charge is 2.21. The Kier molecular flexibility index (Phi) is 8.63. The number of amides is 1. The van der Waals surface area contributed by atoms with Crippen molar-refractivity contribution in [3.05, 3.63) is 69.8 Å². The van der Waals surface area contributed by atoms with E-state index >= 15 is 0 Å². The highest BCUT2D eigenvalue weighted by atomic mass is 32.2. The number of nitrogens with zero attached hydrogens (tertiary/aromatic N) is 2. The van der Waals surface area contributed by atoms with Crippen molar-refractivity contribution < 1.29 is 23.8 Å². The van der Waals surface area contributed by atoms with Gasteiger partial charge in [0.25, 0.3) is 5.91 Å². The van der Waals surface area contributed by atoms with Gasteiger partial charge in [0, 0.05) is 16.2 Å². The molecule has 0 unspecified atom stereocenters. The summed E-state index contributed by atoms with van der Waals surface area (Å²) >= 11 is 1.64. The number of rotatable bonds is 9. The Bertz CT molecular complexity index is 1300. The first-order chi connectivity index (χ1) is 16.9. The van der Waals surface area contributed by atoms with Crippen molar-refractivity contribution in [2.45, 2.75) is 11.8 Å². The topological polar surface area (TPSA) is 132 Å². The summed E-state index contributed by atoms with van der Waals surface area (Å²) in [6.45, 7) is 1.27. The molecule has 1 amide bonds. The number of aromatic amines is 1. The summed E-state index contributed by atoms with van der Waals surface area (Å²) in [5.41, 5.74) is 3.66. The van der Waals surface area contributed by atoms with E-state index in [2.05, 4.69) is 20.5 Å². The van der Waals surface area contributed by atoms with E-state index in [-0.39, 0.29) is 29.4 Å². The minimum Gasteiger partial charge on any atom is -0.493 e. The average Bonchev–Trinajstić information content (AvgIpc) is 2.86. The second-order valence-electron chi connectivity index (χ2n) is 7.10. The molecule has 0 aliphatic rings. The molecule has 0 saturated carbocycles. The summed E-state index contributed by atoms with van der Waals surface area (Å²) in [5.74, 6) is -0.543. The molecular weight excluding hydrogens is 472 g/mol. The molecule has 2 aromatic carbocycles. The van der Waals surface area contributed by atoms with Gasteiger partial charge in [-0.15, -0.1) is 11.8 Å². The number of methoxy groups -OCH3 is 2. The van der Waals surface area contributed by atoms with Gasteiger partial charge in [0.05, 0.1) is 26.1 Å². The maximum Gasteiger partial charge on any atom is 0.345 e. The van der Waals surface area contributed by atoms with Gasteiger partial charge in [0.2, 0.25) is 0 Å². The third-order valence-electron chi connectivity index (χ3n) is 4.82. The average molecular weight is 497 g/mol. The summed E-state index contributed by atoms with van der Waals surface area (Å²) in [6, 6.07) is 12.4. The van der Waals surface area contributed by atoms with Gasteiger partial charge in [-0.2, -0.15) is 10.1 Å². The molecule has 1 aromatic heterocycles. The van der Waals surface area contributed by atoms with Crippen molar-refractivity contribution in [1.29, 1.82) is 0 Å². The Morgan fingerprint density at radius 2 is 1.89 bits per heavy atom. The molecule has 2 N–H and O–H groups in total. The van der Waals surface area contributed by atoms with Crippen LogP contribution in [0.2, 0.25) is 0 Å². The van der Waals surface area contributed by atoms with Gasteiger partial charge in [0.15, 0.2) is 18.1 Å². The summed E-state index contributed by atoms with van der Waals surface area (Å²) in [5, 5.41) is 3.93. The van der Waals surface area contributed by atoms with Gasteiger partial charge >= 0.3 is 11.7 Å². The van der Waals surface area contributed by atoms with Crippen LogP contribution in [-0.2, 0) is 9.53 Å². The summed E-state index contributed by atoms with van der Waals surface area (Å²) < 4.78 is 15.8. The first-order valence-corrected chi connectivity index (χ1v) is 11.5. The number of H-pyrrole nitrogens is 1. The highest BCUT2D eigenvalue weighted by Crippen LogP contribution is 2.33. The van der Waals surface area contributed by atoms with Crippen molar-refractivity contribution in [2.24, 2.45) is 5.10 Å². The second-order valence-corrected chi connectivity index (χ2v) is 7.98. The van der Waals surface area contributed by atoms with Crippen molar-refractivity contribution in [3.8, 4) is 22.8 Å². The van der Waals surface area contributed by atoms with Crippen LogP contribution in [0.5, 0.6) is 11.5 Å². The molecule has 10 nitrogen and oxygen atoms in total. The number of carbonyl (C=O) groups is 2. The fraction of sp³-hybridized carbons (Fsp3) is 0.208. The van der Waals surface area contributed by atoms with E-state index in [4.69, 9.17) is 14.2 Å². The molecule has 1 heterocycles. The predicted octanol–water partition coefficient (Wildman–Crippen LogP) is 2.79. The Hall–Kier alpha value is -4.12. The molecule has 3 rings (SSSR count). The quantitative estimate of drug-likeness (QED) is 0.200. The predicted molar refractivity (Wildman–Crippen MR) is 132 cm³/mol. The normalized spacial score (nSPS) is 10.7. The van der Waals surface area contributed by atoms with Crippen LogP contribution in [0.25, 0.3) is 11.3 Å². The number of aromatic nitrogens is 2. The van der Waals surface area contributed by atoms with E-state index in [9.17, 15) is 14.4 Å². The van der Waals surface area contributed by atoms with E-state index in [0.29, 0.717) is 11.3 Å². The van der Waals surface area contributed by atoms with Gasteiger partial charge in [-0.25, -0.2) is 15.0 Å². The molecule has 0 fully saturated rings. The van der Waals surface area contributed by atoms with E-state index in [0.717, 1.165) is 10.5 Å². The van der Waals surface area contributed by atoms with Gasteiger partial charge in [-0.1, -0.05) is 12.1 Å². The van der Waals surface area contributed by atoms with Crippen LogP contribution in [-0.4, -0.2) is 55.1 Å². The maximum absolute atomic E-state index is 12.2. The summed E-state index contributed by atoms with van der Waals surface area (Å²) in [4.78, 5) is 43.8. The van der Waals surface area contributed by atoms with Crippen LogP contribution in [0.1, 0.15) is 21.6 Å². The van der Waals surface area contributed by atoms with Gasteiger partial charge in [-0.3, -0.25) is 4.79 Å². The first kappa shape index (κ1) is 25.5. The Labute approximate surface area is 205 Å². The first-order valence-electron chi connectivity index (χ1n) is 10.3. The molecule has 3 aromatic rings. The number of ether oxygens (including phenoxy) is 3. The number of benzene rings is 2. The number of hydrogen-bond donors (Lipinski definition) is 2. The Morgan fingerprint density at radius 1 is 1.14 bits per heavy atom. The fourth-order valence-corrected chi connectivity index (χ4v) is 3.53. The zero-order chi connectivity index (χ0) is 25.4. The van der Waals surface area contributed by atoms with Gasteiger partial charge in [-0.05, 0) is 49.1 Å². The minimum atomic E-state index is -0.641. The molecule has 182 valence electrons. The number of hydrazone groups is 1. The summed E-state index contributed by atoms with van der Waals surface area (Å²) in [7, 11) is 2.67. The highest BCUT2D eigenvalue weighted by molar-refractivity contribution is 7.98. The number of carbonyl (C=O) groups excluding carboxylic acids is 2. The molecule has 0 aliphatic carbocycles. The molecule has 0 saturated heterocycles. The molecule has 0 radical (unpaired) electrons. The molecule has 0 bridgehead atoms. The lowest BCUT2D eigenvalue weighted by Crippen LogP contribution is -2.24. The Morgan fingerprint density at radius 3 is 2.54 bits per heavy atom. The number of nitrogens with one attached hydrogen (secondary N) is 2. The molecular formula is C24H24N4O6S. The van der Waals surface area contributed by atoms with Crippen LogP contribution < -0.4 is 20.6 Å². The third kappa shape index (κ3) is 6.48. The van der Waals surface area contributed by atoms with E-state index in [1.54, 1.807) is 36.9 Å². The van der Waals surface area contributed by atoms with Crippen LogP contribution >= 0.6 is 11.8 Å². The van der Waals surface area contributed by atoms with Gasteiger partial charge in [0.1, 0.15) is 5.56 Å². The zero-order valence-corrected chi connectivity index (χ0v) is 20.4. The molecule has 0 spiro atoms. The van der Waals surface area contributed by atoms with Crippen LogP contribution in [0, 0.1) is 6.92 Å². The van der Waals surface area contributed by atoms with Crippen molar-refractivity contribution in [3.63, 3.8) is 0 Å². The van der Waals surface area contributed by atoms with E-state index < -0.39 is 17.6 Å². The molecule has 0 aliphatic heterocycles. The SMILES string of the molecule is COC(=O)c1c(-c2ccc(OCC(=O)N/N=C\c3ccc(SC)cc3)c(OC)c2)nc(=O)[nH]c1C. The largest absolute Gasteiger partial charge is 0.493 e. The number of aryl methyl sites for hydroxylation is 1. The third-order valence-corrected chi connectivity index (χ3v) is 5.57. The monoisotopic (exact) mass is 496 g/mol. The number of thioether (sulfide) groups is 1.